The SMILES string of the molecule is CC(/C=C/C=O)=C(/CCCCCCO)NC(=O)NC=O. The first kappa shape index (κ1) is 18.0. The molecule has 6 nitrogen and oxygen atoms in total. The number of amides is 3. The molecule has 0 aromatic rings. The Labute approximate surface area is 118 Å². The summed E-state index contributed by atoms with van der Waals surface area (Å²) in [6.07, 6.45) is 8.04. The number of aldehydes is 1. The van der Waals surface area contributed by atoms with Gasteiger partial charge in [-0.05, 0) is 37.8 Å². The monoisotopic (exact) mass is 282 g/mol. The Morgan fingerprint density at radius 2 is 1.85 bits per heavy atom. The molecule has 0 atom stereocenters. The Kier molecular flexibility index (Phi) is 10.9. The van der Waals surface area contributed by atoms with Gasteiger partial charge in [-0.1, -0.05) is 18.9 Å². The first-order valence-electron chi connectivity index (χ1n) is 6.59. The van der Waals surface area contributed by atoms with Crippen LogP contribution in [0.1, 0.15) is 39.0 Å². The number of nitrogens with one attached hydrogen (secondary N) is 2. The lowest BCUT2D eigenvalue weighted by molar-refractivity contribution is -0.108. The van der Waals surface area contributed by atoms with Gasteiger partial charge in [0, 0.05) is 12.3 Å². The fourth-order valence-corrected chi connectivity index (χ4v) is 1.64. The maximum Gasteiger partial charge on any atom is 0.325 e. The lowest BCUT2D eigenvalue weighted by Crippen LogP contribution is -2.34. The van der Waals surface area contributed by atoms with Gasteiger partial charge in [-0.15, -0.1) is 0 Å². The first-order valence-corrected chi connectivity index (χ1v) is 6.59. The highest BCUT2D eigenvalue weighted by molar-refractivity contribution is 5.85. The predicted molar refractivity (Wildman–Crippen MR) is 75.8 cm³/mol. The van der Waals surface area contributed by atoms with E-state index in [2.05, 4.69) is 5.32 Å². The number of urea groups is 1. The largest absolute Gasteiger partial charge is 0.396 e. The number of rotatable bonds is 10. The molecule has 0 saturated heterocycles. The minimum absolute atomic E-state index is 0.184. The van der Waals surface area contributed by atoms with Gasteiger partial charge in [0.1, 0.15) is 6.29 Å². The van der Waals surface area contributed by atoms with E-state index in [9.17, 15) is 14.4 Å². The van der Waals surface area contributed by atoms with Gasteiger partial charge >= 0.3 is 6.03 Å². The molecule has 0 aliphatic carbocycles. The number of carbonyl (C=O) groups excluding carboxylic acids is 3. The fraction of sp³-hybridized carbons (Fsp3) is 0.500. The van der Waals surface area contributed by atoms with E-state index in [1.165, 1.54) is 6.08 Å². The Bertz CT molecular complexity index is 375. The molecule has 3 amide bonds. The van der Waals surface area contributed by atoms with Crippen molar-refractivity contribution in [1.82, 2.24) is 10.6 Å². The van der Waals surface area contributed by atoms with Crippen LogP contribution < -0.4 is 10.6 Å². The molecule has 20 heavy (non-hydrogen) atoms. The molecule has 0 spiro atoms. The number of aliphatic hydroxyl groups is 1. The minimum atomic E-state index is -0.593. The van der Waals surface area contributed by atoms with Crippen molar-refractivity contribution in [2.45, 2.75) is 39.0 Å². The summed E-state index contributed by atoms with van der Waals surface area (Å²) in [5.74, 6) is 0. The van der Waals surface area contributed by atoms with Crippen molar-refractivity contribution in [3.05, 3.63) is 23.4 Å². The maximum absolute atomic E-state index is 11.4. The molecule has 0 fully saturated rings. The van der Waals surface area contributed by atoms with Crippen LogP contribution in [0.15, 0.2) is 23.4 Å². The second kappa shape index (κ2) is 12.1. The van der Waals surface area contributed by atoms with Crippen LogP contribution in [0, 0.1) is 0 Å². The van der Waals surface area contributed by atoms with E-state index in [0.29, 0.717) is 24.8 Å². The zero-order valence-corrected chi connectivity index (χ0v) is 11.7. The van der Waals surface area contributed by atoms with Crippen molar-refractivity contribution < 1.29 is 19.5 Å². The summed E-state index contributed by atoms with van der Waals surface area (Å²) < 4.78 is 0. The molecule has 0 unspecified atom stereocenters. The molecule has 0 aromatic carbocycles. The van der Waals surface area contributed by atoms with Gasteiger partial charge in [0.05, 0.1) is 0 Å². The quantitative estimate of drug-likeness (QED) is 0.244. The average Bonchev–Trinajstić information content (AvgIpc) is 2.43. The summed E-state index contributed by atoms with van der Waals surface area (Å²) in [6, 6.07) is -0.593. The van der Waals surface area contributed by atoms with Gasteiger partial charge in [-0.2, -0.15) is 0 Å². The number of allylic oxidation sites excluding steroid dienone is 4. The fourth-order valence-electron chi connectivity index (χ4n) is 1.64. The highest BCUT2D eigenvalue weighted by Crippen LogP contribution is 2.13. The number of imide groups is 1. The molecular formula is C14H22N2O4. The molecule has 0 aromatic heterocycles. The maximum atomic E-state index is 11.4. The highest BCUT2D eigenvalue weighted by atomic mass is 16.3. The molecule has 0 aliphatic heterocycles. The Hall–Kier alpha value is -1.95. The highest BCUT2D eigenvalue weighted by Gasteiger charge is 2.06. The van der Waals surface area contributed by atoms with E-state index in [-0.39, 0.29) is 6.61 Å². The summed E-state index contributed by atoms with van der Waals surface area (Å²) in [7, 11) is 0. The summed E-state index contributed by atoms with van der Waals surface area (Å²) >= 11 is 0. The normalized spacial score (nSPS) is 11.9. The number of aliphatic hydroxyl groups excluding tert-OH is 1. The van der Waals surface area contributed by atoms with Crippen molar-refractivity contribution in [2.24, 2.45) is 0 Å². The minimum Gasteiger partial charge on any atom is -0.396 e. The van der Waals surface area contributed by atoms with Crippen LogP contribution in [0.5, 0.6) is 0 Å². The predicted octanol–water partition coefficient (Wildman–Crippen LogP) is 1.41. The molecule has 0 rings (SSSR count). The Morgan fingerprint density at radius 3 is 2.45 bits per heavy atom. The molecule has 0 aliphatic rings. The van der Waals surface area contributed by atoms with Gasteiger partial charge in [-0.25, -0.2) is 4.79 Å². The van der Waals surface area contributed by atoms with Crippen LogP contribution in [-0.4, -0.2) is 30.4 Å². The summed E-state index contributed by atoms with van der Waals surface area (Å²) in [5.41, 5.74) is 1.44. The van der Waals surface area contributed by atoms with E-state index in [4.69, 9.17) is 5.11 Å². The second-order valence-electron chi connectivity index (χ2n) is 4.26. The van der Waals surface area contributed by atoms with Crippen LogP contribution in [0.4, 0.5) is 4.79 Å². The third-order valence-corrected chi connectivity index (χ3v) is 2.69. The molecule has 112 valence electrons. The van der Waals surface area contributed by atoms with E-state index in [1.807, 2.05) is 5.32 Å². The zero-order valence-electron chi connectivity index (χ0n) is 11.7. The topological polar surface area (TPSA) is 95.5 Å². The van der Waals surface area contributed by atoms with Gasteiger partial charge in [-0.3, -0.25) is 14.9 Å². The van der Waals surface area contributed by atoms with Gasteiger partial charge < -0.3 is 10.4 Å². The van der Waals surface area contributed by atoms with Gasteiger partial charge in [0.25, 0.3) is 0 Å². The molecule has 3 N–H and O–H groups in total. The molecule has 0 saturated carbocycles. The van der Waals surface area contributed by atoms with Crippen molar-refractivity contribution in [3.8, 4) is 0 Å². The third-order valence-electron chi connectivity index (χ3n) is 2.69. The molecule has 6 heteroatoms. The molecule has 0 bridgehead atoms. The summed E-state index contributed by atoms with van der Waals surface area (Å²) in [5, 5.41) is 13.3. The summed E-state index contributed by atoms with van der Waals surface area (Å²) in [4.78, 5) is 31.9. The van der Waals surface area contributed by atoms with E-state index >= 15 is 0 Å². The number of hydrogen-bond acceptors (Lipinski definition) is 4. The smallest absolute Gasteiger partial charge is 0.325 e. The summed E-state index contributed by atoms with van der Waals surface area (Å²) in [6.45, 7) is 1.97. The lowest BCUT2D eigenvalue weighted by Gasteiger charge is -2.11. The van der Waals surface area contributed by atoms with Crippen LogP contribution in [0.2, 0.25) is 0 Å². The number of carbonyl (C=O) groups is 3. The van der Waals surface area contributed by atoms with E-state index in [1.54, 1.807) is 13.0 Å². The van der Waals surface area contributed by atoms with Crippen LogP contribution in [-0.2, 0) is 9.59 Å². The van der Waals surface area contributed by atoms with Crippen LogP contribution >= 0.6 is 0 Å². The first-order chi connectivity index (χ1) is 9.65. The van der Waals surface area contributed by atoms with Crippen molar-refractivity contribution in [1.29, 1.82) is 0 Å². The zero-order chi connectivity index (χ0) is 15.2. The van der Waals surface area contributed by atoms with Crippen molar-refractivity contribution in [2.75, 3.05) is 6.61 Å². The van der Waals surface area contributed by atoms with Gasteiger partial charge in [0.2, 0.25) is 6.41 Å². The average molecular weight is 282 g/mol. The van der Waals surface area contributed by atoms with Crippen LogP contribution in [0.25, 0.3) is 0 Å². The molecule has 0 heterocycles. The lowest BCUT2D eigenvalue weighted by atomic mass is 10.1. The standard InChI is InChI=1S/C14H22N2O4/c1-12(7-6-10-18)13(16-14(20)15-11-19)8-4-2-3-5-9-17/h6-7,10-11,17H,2-5,8-9H2,1H3,(H2,15,16,19,20)/b7-6+,13-12+. The second-order valence-corrected chi connectivity index (χ2v) is 4.26. The van der Waals surface area contributed by atoms with E-state index in [0.717, 1.165) is 31.3 Å². The number of unbranched alkanes of at least 4 members (excludes halogenated alkanes) is 3. The van der Waals surface area contributed by atoms with Crippen LogP contribution in [0.3, 0.4) is 0 Å². The third kappa shape index (κ3) is 9.04. The van der Waals surface area contributed by atoms with Crippen molar-refractivity contribution >= 4 is 18.7 Å². The molecule has 0 radical (unpaired) electrons. The van der Waals surface area contributed by atoms with Crippen molar-refractivity contribution in [3.63, 3.8) is 0 Å². The molecular weight excluding hydrogens is 260 g/mol. The Balaban J connectivity index is 4.53. The van der Waals surface area contributed by atoms with Gasteiger partial charge in [0.15, 0.2) is 0 Å². The Morgan fingerprint density at radius 1 is 1.15 bits per heavy atom. The number of hydrogen-bond donors (Lipinski definition) is 3. The van der Waals surface area contributed by atoms with E-state index < -0.39 is 6.03 Å².